The van der Waals surface area contributed by atoms with Crippen molar-refractivity contribution in [3.63, 3.8) is 0 Å². The minimum absolute atomic E-state index is 0.429. The summed E-state index contributed by atoms with van der Waals surface area (Å²) in [6, 6.07) is 7.74. The Balaban J connectivity index is 2.20. The molecule has 4 heteroatoms. The predicted molar refractivity (Wildman–Crippen MR) is 57.1 cm³/mol. The van der Waals surface area contributed by atoms with Gasteiger partial charge >= 0.3 is 6.09 Å². The lowest BCUT2D eigenvalue weighted by atomic mass is 10.2. The van der Waals surface area contributed by atoms with E-state index in [2.05, 4.69) is 10.1 Å². The Morgan fingerprint density at radius 1 is 1.33 bits per heavy atom. The first-order chi connectivity index (χ1) is 7.22. The molecule has 0 aliphatic carbocycles. The van der Waals surface area contributed by atoms with Crippen molar-refractivity contribution in [3.8, 4) is 5.75 Å². The Morgan fingerprint density at radius 3 is 2.60 bits per heavy atom. The summed E-state index contributed by atoms with van der Waals surface area (Å²) in [6.45, 7) is 2.88. The molecule has 1 rings (SSSR count). The normalized spacial score (nSPS) is 9.47. The van der Waals surface area contributed by atoms with Crippen molar-refractivity contribution in [1.82, 2.24) is 5.32 Å². The maximum Gasteiger partial charge on any atom is 0.406 e. The van der Waals surface area contributed by atoms with Gasteiger partial charge in [-0.2, -0.15) is 0 Å². The third-order valence-corrected chi connectivity index (χ3v) is 1.85. The van der Waals surface area contributed by atoms with Gasteiger partial charge in [0.05, 0.1) is 13.7 Å². The van der Waals surface area contributed by atoms with Crippen molar-refractivity contribution in [1.29, 1.82) is 0 Å². The zero-order chi connectivity index (χ0) is 11.1. The van der Waals surface area contributed by atoms with E-state index in [1.54, 1.807) is 0 Å². The number of ether oxygens (including phenoxy) is 2. The second-order valence-corrected chi connectivity index (χ2v) is 3.08. The molecule has 0 saturated carbocycles. The highest BCUT2D eigenvalue weighted by atomic mass is 16.5. The molecule has 0 aromatic heterocycles. The van der Waals surface area contributed by atoms with Crippen LogP contribution in [0.15, 0.2) is 24.3 Å². The Morgan fingerprint density at radius 2 is 2.00 bits per heavy atom. The number of carbonyl (C=O) groups is 1. The molecule has 0 saturated heterocycles. The third kappa shape index (κ3) is 4.35. The molecule has 0 heterocycles. The Bertz CT molecular complexity index is 308. The van der Waals surface area contributed by atoms with Crippen LogP contribution in [0.5, 0.6) is 5.75 Å². The van der Waals surface area contributed by atoms with E-state index in [1.165, 1.54) is 12.7 Å². The summed E-state index contributed by atoms with van der Waals surface area (Å²) in [4.78, 5) is 10.7. The minimum Gasteiger partial charge on any atom is -0.492 e. The van der Waals surface area contributed by atoms with Crippen LogP contribution in [-0.2, 0) is 4.74 Å². The lowest BCUT2D eigenvalue weighted by Gasteiger charge is -2.06. The van der Waals surface area contributed by atoms with Gasteiger partial charge in [0.1, 0.15) is 12.4 Å². The topological polar surface area (TPSA) is 47.6 Å². The Hall–Kier alpha value is -1.71. The van der Waals surface area contributed by atoms with E-state index in [0.717, 1.165) is 5.75 Å². The maximum atomic E-state index is 10.7. The first kappa shape index (κ1) is 11.4. The van der Waals surface area contributed by atoms with Gasteiger partial charge in [-0.15, -0.1) is 0 Å². The van der Waals surface area contributed by atoms with Gasteiger partial charge in [-0.1, -0.05) is 17.7 Å². The number of alkyl carbamates (subject to hydrolysis) is 1. The molecule has 0 aliphatic rings. The van der Waals surface area contributed by atoms with Crippen LogP contribution in [-0.4, -0.2) is 26.4 Å². The summed E-state index contributed by atoms with van der Waals surface area (Å²) in [5.74, 6) is 0.798. The molecule has 82 valence electrons. The van der Waals surface area contributed by atoms with Crippen LogP contribution in [0.4, 0.5) is 4.79 Å². The number of benzene rings is 1. The largest absolute Gasteiger partial charge is 0.492 e. The number of hydrogen-bond acceptors (Lipinski definition) is 3. The van der Waals surface area contributed by atoms with Gasteiger partial charge in [-0.25, -0.2) is 4.79 Å². The zero-order valence-electron chi connectivity index (χ0n) is 8.95. The van der Waals surface area contributed by atoms with E-state index in [-0.39, 0.29) is 0 Å². The van der Waals surface area contributed by atoms with E-state index in [4.69, 9.17) is 4.74 Å². The standard InChI is InChI=1S/C11H15NO3/c1-9-3-5-10(6-4-9)15-8-7-12-11(13)14-2/h3-6H,7-8H2,1-2H3,(H,12,13). The molecule has 0 spiro atoms. The number of amides is 1. The second kappa shape index (κ2) is 5.90. The molecular weight excluding hydrogens is 194 g/mol. The van der Waals surface area contributed by atoms with Crippen molar-refractivity contribution in [3.05, 3.63) is 29.8 Å². The van der Waals surface area contributed by atoms with Crippen LogP contribution in [0.25, 0.3) is 0 Å². The Kier molecular flexibility index (Phi) is 4.47. The zero-order valence-corrected chi connectivity index (χ0v) is 8.95. The van der Waals surface area contributed by atoms with Gasteiger partial charge in [0.25, 0.3) is 0 Å². The van der Waals surface area contributed by atoms with E-state index in [9.17, 15) is 4.79 Å². The van der Waals surface area contributed by atoms with Gasteiger partial charge in [-0.3, -0.25) is 0 Å². The second-order valence-electron chi connectivity index (χ2n) is 3.08. The van der Waals surface area contributed by atoms with E-state index >= 15 is 0 Å². The van der Waals surface area contributed by atoms with Gasteiger partial charge in [-0.05, 0) is 19.1 Å². The molecular formula is C11H15NO3. The third-order valence-electron chi connectivity index (χ3n) is 1.85. The molecule has 1 amide bonds. The number of rotatable bonds is 4. The van der Waals surface area contributed by atoms with Crippen molar-refractivity contribution >= 4 is 6.09 Å². The summed E-state index contributed by atoms with van der Waals surface area (Å²) in [5, 5.41) is 2.53. The smallest absolute Gasteiger partial charge is 0.406 e. The fraction of sp³-hybridized carbons (Fsp3) is 0.364. The molecule has 1 N–H and O–H groups in total. The van der Waals surface area contributed by atoms with E-state index in [0.29, 0.717) is 13.2 Å². The summed E-state index contributed by atoms with van der Waals surface area (Å²) >= 11 is 0. The van der Waals surface area contributed by atoms with Gasteiger partial charge in [0.2, 0.25) is 0 Å². The number of carbonyl (C=O) groups excluding carboxylic acids is 1. The quantitative estimate of drug-likeness (QED) is 0.768. The van der Waals surface area contributed by atoms with Crippen molar-refractivity contribution < 1.29 is 14.3 Å². The van der Waals surface area contributed by atoms with Crippen molar-refractivity contribution in [2.24, 2.45) is 0 Å². The fourth-order valence-electron chi connectivity index (χ4n) is 1.03. The fourth-order valence-corrected chi connectivity index (χ4v) is 1.03. The van der Waals surface area contributed by atoms with Crippen molar-refractivity contribution in [2.75, 3.05) is 20.3 Å². The molecule has 0 atom stereocenters. The molecule has 0 bridgehead atoms. The molecule has 0 fully saturated rings. The van der Waals surface area contributed by atoms with E-state index in [1.807, 2.05) is 31.2 Å². The highest BCUT2D eigenvalue weighted by Crippen LogP contribution is 2.10. The minimum atomic E-state index is -0.442. The van der Waals surface area contributed by atoms with Crippen LogP contribution < -0.4 is 10.1 Å². The maximum absolute atomic E-state index is 10.7. The van der Waals surface area contributed by atoms with Crippen LogP contribution in [0.1, 0.15) is 5.56 Å². The molecule has 15 heavy (non-hydrogen) atoms. The molecule has 0 unspecified atom stereocenters. The average Bonchev–Trinajstić information content (AvgIpc) is 2.26. The van der Waals surface area contributed by atoms with Gasteiger partial charge < -0.3 is 14.8 Å². The van der Waals surface area contributed by atoms with Crippen molar-refractivity contribution in [2.45, 2.75) is 6.92 Å². The summed E-state index contributed by atoms with van der Waals surface area (Å²) in [6.07, 6.45) is -0.442. The number of methoxy groups -OCH3 is 1. The first-order valence-electron chi connectivity index (χ1n) is 4.73. The highest BCUT2D eigenvalue weighted by molar-refractivity contribution is 5.66. The number of aryl methyl sites for hydroxylation is 1. The monoisotopic (exact) mass is 209 g/mol. The SMILES string of the molecule is COC(=O)NCCOc1ccc(C)cc1. The highest BCUT2D eigenvalue weighted by Gasteiger charge is 1.97. The lowest BCUT2D eigenvalue weighted by Crippen LogP contribution is -2.27. The summed E-state index contributed by atoms with van der Waals surface area (Å²) < 4.78 is 9.80. The van der Waals surface area contributed by atoms with E-state index < -0.39 is 6.09 Å². The lowest BCUT2D eigenvalue weighted by molar-refractivity contribution is 0.168. The van der Waals surface area contributed by atoms with Crippen LogP contribution in [0.3, 0.4) is 0 Å². The molecule has 4 nitrogen and oxygen atoms in total. The average molecular weight is 209 g/mol. The van der Waals surface area contributed by atoms with Crippen LogP contribution in [0, 0.1) is 6.92 Å². The first-order valence-corrected chi connectivity index (χ1v) is 4.73. The summed E-state index contributed by atoms with van der Waals surface area (Å²) in [5.41, 5.74) is 1.19. The predicted octanol–water partition coefficient (Wildman–Crippen LogP) is 1.73. The number of nitrogens with one attached hydrogen (secondary N) is 1. The van der Waals surface area contributed by atoms with Crippen LogP contribution >= 0.6 is 0 Å². The molecule has 1 aromatic carbocycles. The molecule has 0 aliphatic heterocycles. The molecule has 1 aromatic rings. The Labute approximate surface area is 89.2 Å². The summed E-state index contributed by atoms with van der Waals surface area (Å²) in [7, 11) is 1.33. The van der Waals surface area contributed by atoms with Crippen LogP contribution in [0.2, 0.25) is 0 Å². The van der Waals surface area contributed by atoms with Gasteiger partial charge in [0, 0.05) is 0 Å². The van der Waals surface area contributed by atoms with Gasteiger partial charge in [0.15, 0.2) is 0 Å². The molecule has 0 radical (unpaired) electrons. The number of hydrogen-bond donors (Lipinski definition) is 1.